The lowest BCUT2D eigenvalue weighted by Crippen LogP contribution is -2.17. The fourth-order valence-electron chi connectivity index (χ4n) is 2.05. The lowest BCUT2D eigenvalue weighted by Gasteiger charge is -2.10. The first-order chi connectivity index (χ1) is 9.70. The smallest absolute Gasteiger partial charge is 0.122 e. The molecule has 0 saturated carbocycles. The molecular formula is C16H18ClNO2. The summed E-state index contributed by atoms with van der Waals surface area (Å²) in [4.78, 5) is 0. The van der Waals surface area contributed by atoms with Gasteiger partial charge in [0.25, 0.3) is 0 Å². The molecule has 0 aliphatic rings. The Bertz CT molecular complexity index is 572. The van der Waals surface area contributed by atoms with Crippen LogP contribution >= 0.6 is 11.6 Å². The normalized spacial score (nSPS) is 10.5. The molecule has 0 spiro atoms. The molecule has 0 atom stereocenters. The Balaban J connectivity index is 1.87. The van der Waals surface area contributed by atoms with Gasteiger partial charge in [0.2, 0.25) is 0 Å². The summed E-state index contributed by atoms with van der Waals surface area (Å²) in [5.41, 5.74) is 1.97. The molecule has 0 fully saturated rings. The second kappa shape index (κ2) is 7.17. The molecule has 2 N–H and O–H groups in total. The second-order valence-electron chi connectivity index (χ2n) is 4.51. The van der Waals surface area contributed by atoms with E-state index in [0.717, 1.165) is 29.8 Å². The molecule has 0 saturated heterocycles. The third kappa shape index (κ3) is 3.89. The zero-order valence-electron chi connectivity index (χ0n) is 11.4. The molecule has 0 aliphatic heterocycles. The van der Waals surface area contributed by atoms with Gasteiger partial charge in [-0.2, -0.15) is 0 Å². The van der Waals surface area contributed by atoms with Crippen molar-refractivity contribution in [1.82, 2.24) is 5.32 Å². The maximum Gasteiger partial charge on any atom is 0.122 e. The molecule has 0 aromatic heterocycles. The van der Waals surface area contributed by atoms with Gasteiger partial charge in [0, 0.05) is 17.1 Å². The standard InChI is InChI=1S/C16H18ClNO2/c1-20-16-7-6-14(17)10-12(16)8-9-18-11-13-4-2-3-5-15(13)19/h2-7,10,18-19H,8-9,11H2,1H3. The van der Waals surface area contributed by atoms with Gasteiger partial charge < -0.3 is 15.2 Å². The van der Waals surface area contributed by atoms with Crippen LogP contribution in [0.5, 0.6) is 11.5 Å². The highest BCUT2D eigenvalue weighted by Gasteiger charge is 2.04. The summed E-state index contributed by atoms with van der Waals surface area (Å²) < 4.78 is 5.31. The minimum absolute atomic E-state index is 0.320. The van der Waals surface area contributed by atoms with E-state index >= 15 is 0 Å². The SMILES string of the molecule is COc1ccc(Cl)cc1CCNCc1ccccc1O. The molecule has 0 amide bonds. The number of hydrogen-bond acceptors (Lipinski definition) is 3. The van der Waals surface area contributed by atoms with Gasteiger partial charge in [0.15, 0.2) is 0 Å². The molecule has 0 aliphatic carbocycles. The van der Waals surface area contributed by atoms with Crippen molar-refractivity contribution in [2.75, 3.05) is 13.7 Å². The largest absolute Gasteiger partial charge is 0.508 e. The van der Waals surface area contributed by atoms with Gasteiger partial charge in [-0.05, 0) is 42.8 Å². The quantitative estimate of drug-likeness (QED) is 0.802. The van der Waals surface area contributed by atoms with Crippen molar-refractivity contribution in [3.8, 4) is 11.5 Å². The highest BCUT2D eigenvalue weighted by atomic mass is 35.5. The Morgan fingerprint density at radius 1 is 1.15 bits per heavy atom. The van der Waals surface area contributed by atoms with Crippen molar-refractivity contribution >= 4 is 11.6 Å². The predicted molar refractivity (Wildman–Crippen MR) is 81.5 cm³/mol. The van der Waals surface area contributed by atoms with Gasteiger partial charge >= 0.3 is 0 Å². The van der Waals surface area contributed by atoms with Crippen molar-refractivity contribution in [3.05, 3.63) is 58.6 Å². The van der Waals surface area contributed by atoms with Crippen LogP contribution < -0.4 is 10.1 Å². The highest BCUT2D eigenvalue weighted by Crippen LogP contribution is 2.22. The van der Waals surface area contributed by atoms with E-state index in [-0.39, 0.29) is 0 Å². The van der Waals surface area contributed by atoms with Gasteiger partial charge in [-0.1, -0.05) is 29.8 Å². The van der Waals surface area contributed by atoms with Crippen LogP contribution in [0.1, 0.15) is 11.1 Å². The summed E-state index contributed by atoms with van der Waals surface area (Å²) in [6, 6.07) is 12.9. The topological polar surface area (TPSA) is 41.5 Å². The van der Waals surface area contributed by atoms with Crippen molar-refractivity contribution < 1.29 is 9.84 Å². The van der Waals surface area contributed by atoms with Gasteiger partial charge in [-0.3, -0.25) is 0 Å². The van der Waals surface area contributed by atoms with Crippen LogP contribution in [0.2, 0.25) is 5.02 Å². The lowest BCUT2D eigenvalue weighted by molar-refractivity contribution is 0.409. The first-order valence-corrected chi connectivity index (χ1v) is 6.88. The summed E-state index contributed by atoms with van der Waals surface area (Å²) in [5, 5.41) is 13.7. The summed E-state index contributed by atoms with van der Waals surface area (Å²) in [7, 11) is 1.65. The van der Waals surface area contributed by atoms with Crippen LogP contribution in [-0.4, -0.2) is 18.8 Å². The number of benzene rings is 2. The first-order valence-electron chi connectivity index (χ1n) is 6.50. The van der Waals surface area contributed by atoms with E-state index in [2.05, 4.69) is 5.32 Å². The fourth-order valence-corrected chi connectivity index (χ4v) is 2.24. The molecular weight excluding hydrogens is 274 g/mol. The maximum atomic E-state index is 9.67. The monoisotopic (exact) mass is 291 g/mol. The number of aromatic hydroxyl groups is 1. The molecule has 2 aromatic carbocycles. The third-order valence-electron chi connectivity index (χ3n) is 3.12. The zero-order valence-corrected chi connectivity index (χ0v) is 12.2. The average molecular weight is 292 g/mol. The number of methoxy groups -OCH3 is 1. The Morgan fingerprint density at radius 3 is 2.70 bits per heavy atom. The molecule has 0 heterocycles. The van der Waals surface area contributed by atoms with E-state index < -0.39 is 0 Å². The zero-order chi connectivity index (χ0) is 14.4. The number of nitrogens with one attached hydrogen (secondary N) is 1. The van der Waals surface area contributed by atoms with E-state index in [1.165, 1.54) is 0 Å². The van der Waals surface area contributed by atoms with Crippen molar-refractivity contribution in [2.24, 2.45) is 0 Å². The van der Waals surface area contributed by atoms with Crippen molar-refractivity contribution in [3.63, 3.8) is 0 Å². The number of para-hydroxylation sites is 1. The maximum absolute atomic E-state index is 9.67. The fraction of sp³-hybridized carbons (Fsp3) is 0.250. The van der Waals surface area contributed by atoms with Crippen LogP contribution in [0.15, 0.2) is 42.5 Å². The predicted octanol–water partition coefficient (Wildman–Crippen LogP) is 3.39. The number of halogens is 1. The molecule has 0 unspecified atom stereocenters. The molecule has 0 bridgehead atoms. The van der Waals surface area contributed by atoms with Crippen LogP contribution in [0.3, 0.4) is 0 Å². The van der Waals surface area contributed by atoms with E-state index in [4.69, 9.17) is 16.3 Å². The molecule has 106 valence electrons. The lowest BCUT2D eigenvalue weighted by atomic mass is 10.1. The molecule has 2 rings (SSSR count). The summed E-state index contributed by atoms with van der Waals surface area (Å²) in [6.45, 7) is 1.42. The van der Waals surface area contributed by atoms with Crippen LogP contribution in [0.4, 0.5) is 0 Å². The summed E-state index contributed by atoms with van der Waals surface area (Å²) >= 11 is 5.99. The van der Waals surface area contributed by atoms with Gasteiger partial charge in [0.05, 0.1) is 7.11 Å². The van der Waals surface area contributed by atoms with Crippen LogP contribution in [0.25, 0.3) is 0 Å². The number of hydrogen-bond donors (Lipinski definition) is 2. The van der Waals surface area contributed by atoms with E-state index in [1.807, 2.05) is 36.4 Å². The van der Waals surface area contributed by atoms with Crippen LogP contribution in [-0.2, 0) is 13.0 Å². The highest BCUT2D eigenvalue weighted by molar-refractivity contribution is 6.30. The Hall–Kier alpha value is -1.71. The third-order valence-corrected chi connectivity index (χ3v) is 3.36. The number of ether oxygens (including phenoxy) is 1. The van der Waals surface area contributed by atoms with E-state index in [0.29, 0.717) is 17.3 Å². The number of rotatable bonds is 6. The van der Waals surface area contributed by atoms with Gasteiger partial charge in [-0.15, -0.1) is 0 Å². The Morgan fingerprint density at radius 2 is 1.95 bits per heavy atom. The minimum atomic E-state index is 0.320. The Labute approximate surface area is 124 Å². The average Bonchev–Trinajstić information content (AvgIpc) is 2.45. The first kappa shape index (κ1) is 14.7. The molecule has 3 nitrogen and oxygen atoms in total. The Kier molecular flexibility index (Phi) is 5.27. The van der Waals surface area contributed by atoms with Crippen LogP contribution in [0, 0.1) is 0 Å². The van der Waals surface area contributed by atoms with Crippen molar-refractivity contribution in [2.45, 2.75) is 13.0 Å². The van der Waals surface area contributed by atoms with Gasteiger partial charge in [-0.25, -0.2) is 0 Å². The molecule has 20 heavy (non-hydrogen) atoms. The van der Waals surface area contributed by atoms with Crippen molar-refractivity contribution in [1.29, 1.82) is 0 Å². The molecule has 4 heteroatoms. The number of phenolic OH excluding ortho intramolecular Hbond substituents is 1. The number of phenols is 1. The van der Waals surface area contributed by atoms with E-state index in [1.54, 1.807) is 13.2 Å². The van der Waals surface area contributed by atoms with Gasteiger partial charge in [0.1, 0.15) is 11.5 Å². The molecule has 2 aromatic rings. The van der Waals surface area contributed by atoms with E-state index in [9.17, 15) is 5.11 Å². The summed E-state index contributed by atoms with van der Waals surface area (Å²) in [5.74, 6) is 1.17. The summed E-state index contributed by atoms with van der Waals surface area (Å²) in [6.07, 6.45) is 0.817. The minimum Gasteiger partial charge on any atom is -0.508 e. The molecule has 0 radical (unpaired) electrons. The second-order valence-corrected chi connectivity index (χ2v) is 4.95.